The lowest BCUT2D eigenvalue weighted by molar-refractivity contribution is 0.0972. The molecule has 0 saturated carbocycles. The second-order valence-electron chi connectivity index (χ2n) is 4.87. The molecule has 0 aliphatic rings. The summed E-state index contributed by atoms with van der Waals surface area (Å²) in [7, 11) is 1.71. The summed E-state index contributed by atoms with van der Waals surface area (Å²) in [6.07, 6.45) is 2.08. The molecule has 0 aliphatic carbocycles. The minimum atomic E-state index is -0.569. The molecule has 120 valence electrons. The number of nitrogens with one attached hydrogen (secondary N) is 2. The van der Waals surface area contributed by atoms with Crippen LogP contribution in [0, 0.1) is 0 Å². The zero-order valence-electron chi connectivity index (χ0n) is 12.7. The van der Waals surface area contributed by atoms with Gasteiger partial charge in [0.1, 0.15) is 5.76 Å². The van der Waals surface area contributed by atoms with E-state index in [-0.39, 0.29) is 34.5 Å². The fourth-order valence-electron chi connectivity index (χ4n) is 1.37. The van der Waals surface area contributed by atoms with Crippen LogP contribution in [0.2, 0.25) is 0 Å². The Morgan fingerprint density at radius 2 is 2.10 bits per heavy atom. The summed E-state index contributed by atoms with van der Waals surface area (Å²) in [6, 6.07) is 3.28. The molecule has 0 saturated heterocycles. The van der Waals surface area contributed by atoms with Gasteiger partial charge in [0.25, 0.3) is 5.91 Å². The largest absolute Gasteiger partial charge is 0.454 e. The molecule has 8 heteroatoms. The van der Waals surface area contributed by atoms with Crippen LogP contribution in [0.25, 0.3) is 0 Å². The number of hydrogen-bond donors (Lipinski definition) is 3. The molecule has 0 atom stereocenters. The molecular weight excluding hydrogens is 403 g/mol. The van der Waals surface area contributed by atoms with E-state index in [1.54, 1.807) is 30.9 Å². The number of thioether (sulfide) groups is 1. The van der Waals surface area contributed by atoms with Crippen LogP contribution in [0.15, 0.2) is 21.5 Å². The van der Waals surface area contributed by atoms with Crippen molar-refractivity contribution in [2.24, 2.45) is 10.7 Å². The number of carbonyl (C=O) groups excluding carboxylic acids is 1. The number of amides is 1. The summed E-state index contributed by atoms with van der Waals surface area (Å²) in [5.74, 6) is 0.906. The predicted octanol–water partition coefficient (Wildman–Crippen LogP) is 1.80. The van der Waals surface area contributed by atoms with E-state index >= 15 is 0 Å². The van der Waals surface area contributed by atoms with Crippen LogP contribution in [-0.2, 0) is 6.54 Å². The van der Waals surface area contributed by atoms with E-state index in [2.05, 4.69) is 35.7 Å². The molecule has 6 nitrogen and oxygen atoms in total. The maximum Gasteiger partial charge on any atom is 0.284 e. The minimum absolute atomic E-state index is 0. The van der Waals surface area contributed by atoms with Gasteiger partial charge < -0.3 is 20.8 Å². The van der Waals surface area contributed by atoms with Crippen molar-refractivity contribution in [3.05, 3.63) is 23.7 Å². The Morgan fingerprint density at radius 3 is 2.57 bits per heavy atom. The van der Waals surface area contributed by atoms with Crippen molar-refractivity contribution < 1.29 is 9.21 Å². The smallest absolute Gasteiger partial charge is 0.284 e. The Morgan fingerprint density at radius 1 is 1.43 bits per heavy atom. The SMILES string of the molecule is CN=C(NCc1ccc(C(N)=O)o1)NCC(C)(C)SC.I. The molecule has 0 fully saturated rings. The number of nitrogens with zero attached hydrogens (tertiary/aromatic N) is 1. The third-order valence-electron chi connectivity index (χ3n) is 2.79. The van der Waals surface area contributed by atoms with Crippen molar-refractivity contribution in [3.8, 4) is 0 Å². The van der Waals surface area contributed by atoms with Gasteiger partial charge in [0.2, 0.25) is 0 Å². The van der Waals surface area contributed by atoms with Gasteiger partial charge in [-0.1, -0.05) is 0 Å². The van der Waals surface area contributed by atoms with Gasteiger partial charge in [-0.3, -0.25) is 9.79 Å². The van der Waals surface area contributed by atoms with Crippen molar-refractivity contribution in [3.63, 3.8) is 0 Å². The summed E-state index contributed by atoms with van der Waals surface area (Å²) in [6.45, 7) is 5.54. The molecule has 0 aliphatic heterocycles. The van der Waals surface area contributed by atoms with Crippen LogP contribution >= 0.6 is 35.7 Å². The Labute approximate surface area is 146 Å². The van der Waals surface area contributed by atoms with Crippen molar-refractivity contribution in [2.45, 2.75) is 25.1 Å². The standard InChI is InChI=1S/C13H22N4O2S.HI/c1-13(2,20-4)8-17-12(15-3)16-7-9-5-6-10(19-9)11(14)18;/h5-6H,7-8H2,1-4H3,(H2,14,18)(H2,15,16,17);1H. The van der Waals surface area contributed by atoms with Gasteiger partial charge in [-0.15, -0.1) is 24.0 Å². The van der Waals surface area contributed by atoms with Crippen LogP contribution in [0.1, 0.15) is 30.2 Å². The number of hydrogen-bond acceptors (Lipinski definition) is 4. The highest BCUT2D eigenvalue weighted by molar-refractivity contribution is 14.0. The first-order chi connectivity index (χ1) is 9.38. The maximum absolute atomic E-state index is 10.9. The molecule has 0 unspecified atom stereocenters. The zero-order chi connectivity index (χ0) is 15.2. The van der Waals surface area contributed by atoms with Crippen molar-refractivity contribution >= 4 is 47.6 Å². The number of carbonyl (C=O) groups is 1. The molecule has 0 spiro atoms. The molecule has 0 radical (unpaired) electrons. The maximum atomic E-state index is 10.9. The first-order valence-electron chi connectivity index (χ1n) is 6.26. The molecule has 21 heavy (non-hydrogen) atoms. The van der Waals surface area contributed by atoms with Crippen molar-refractivity contribution in [1.82, 2.24) is 10.6 Å². The number of halogens is 1. The molecule has 1 rings (SSSR count). The van der Waals surface area contributed by atoms with Crippen LogP contribution in [0.4, 0.5) is 0 Å². The van der Waals surface area contributed by atoms with E-state index in [0.29, 0.717) is 18.3 Å². The summed E-state index contributed by atoms with van der Waals surface area (Å²) in [5, 5.41) is 6.36. The summed E-state index contributed by atoms with van der Waals surface area (Å²) >= 11 is 1.79. The Hall–Kier alpha value is -0.900. The van der Waals surface area contributed by atoms with E-state index in [9.17, 15) is 4.79 Å². The number of nitrogens with two attached hydrogens (primary N) is 1. The van der Waals surface area contributed by atoms with Gasteiger partial charge in [-0.05, 0) is 32.2 Å². The molecule has 1 amide bonds. The molecule has 4 N–H and O–H groups in total. The van der Waals surface area contributed by atoms with E-state index < -0.39 is 5.91 Å². The number of primary amides is 1. The van der Waals surface area contributed by atoms with Crippen molar-refractivity contribution in [1.29, 1.82) is 0 Å². The molecule has 1 heterocycles. The van der Waals surface area contributed by atoms with Crippen molar-refractivity contribution in [2.75, 3.05) is 19.8 Å². The zero-order valence-corrected chi connectivity index (χ0v) is 15.9. The number of furan rings is 1. The highest BCUT2D eigenvalue weighted by atomic mass is 127. The topological polar surface area (TPSA) is 92.6 Å². The summed E-state index contributed by atoms with van der Waals surface area (Å²) in [5.41, 5.74) is 5.13. The van der Waals surface area contributed by atoms with Gasteiger partial charge in [-0.2, -0.15) is 11.8 Å². The molecular formula is C13H23IN4O2S. The lowest BCUT2D eigenvalue weighted by atomic mass is 10.2. The predicted molar refractivity (Wildman–Crippen MR) is 98.4 cm³/mol. The number of aliphatic imine (C=N–C) groups is 1. The molecule has 0 aromatic carbocycles. The van der Waals surface area contributed by atoms with Gasteiger partial charge in [-0.25, -0.2) is 0 Å². The highest BCUT2D eigenvalue weighted by Crippen LogP contribution is 2.19. The molecule has 0 bridgehead atoms. The fraction of sp³-hybridized carbons (Fsp3) is 0.538. The van der Waals surface area contributed by atoms with E-state index in [1.165, 1.54) is 0 Å². The van der Waals surface area contributed by atoms with Gasteiger partial charge in [0.05, 0.1) is 6.54 Å². The quantitative estimate of drug-likeness (QED) is 0.367. The average Bonchev–Trinajstić information content (AvgIpc) is 2.88. The number of rotatable bonds is 6. The van der Waals surface area contributed by atoms with Crippen LogP contribution in [0.3, 0.4) is 0 Å². The summed E-state index contributed by atoms with van der Waals surface area (Å²) in [4.78, 5) is 15.1. The molecule has 1 aromatic heterocycles. The van der Waals surface area contributed by atoms with E-state index in [0.717, 1.165) is 6.54 Å². The lowest BCUT2D eigenvalue weighted by Crippen LogP contribution is -2.42. The van der Waals surface area contributed by atoms with Gasteiger partial charge in [0.15, 0.2) is 11.7 Å². The van der Waals surface area contributed by atoms with E-state index in [4.69, 9.17) is 10.2 Å². The normalized spacial score (nSPS) is 11.7. The second-order valence-corrected chi connectivity index (χ2v) is 6.39. The van der Waals surface area contributed by atoms with Gasteiger partial charge in [0, 0.05) is 18.3 Å². The average molecular weight is 426 g/mol. The van der Waals surface area contributed by atoms with Crippen LogP contribution < -0.4 is 16.4 Å². The first-order valence-corrected chi connectivity index (χ1v) is 7.48. The Kier molecular flexibility index (Phi) is 8.79. The van der Waals surface area contributed by atoms with Crippen LogP contribution in [0.5, 0.6) is 0 Å². The molecule has 1 aromatic rings. The Balaban J connectivity index is 0.00000400. The highest BCUT2D eigenvalue weighted by Gasteiger charge is 2.16. The fourth-order valence-corrected chi connectivity index (χ4v) is 1.58. The lowest BCUT2D eigenvalue weighted by Gasteiger charge is -2.23. The number of guanidine groups is 1. The monoisotopic (exact) mass is 426 g/mol. The van der Waals surface area contributed by atoms with Crippen LogP contribution in [-0.4, -0.2) is 36.5 Å². The van der Waals surface area contributed by atoms with Gasteiger partial charge >= 0.3 is 0 Å². The second kappa shape index (κ2) is 9.19. The first kappa shape index (κ1) is 20.1. The minimum Gasteiger partial charge on any atom is -0.454 e. The third-order valence-corrected chi connectivity index (χ3v) is 4.04. The third kappa shape index (κ3) is 7.07. The summed E-state index contributed by atoms with van der Waals surface area (Å²) < 4.78 is 5.41. The Bertz CT molecular complexity index is 488. The van der Waals surface area contributed by atoms with E-state index in [1.807, 2.05) is 0 Å².